The molecule has 0 spiro atoms. The number of hydrogen-bond acceptors (Lipinski definition) is 3. The Balaban J connectivity index is 2.83. The van der Waals surface area contributed by atoms with Crippen LogP contribution in [0.3, 0.4) is 0 Å². The topological polar surface area (TPSA) is 69.6 Å². The molecule has 1 amide bonds. The van der Waals surface area contributed by atoms with Gasteiger partial charge in [0.15, 0.2) is 0 Å². The van der Waals surface area contributed by atoms with Crippen molar-refractivity contribution in [2.24, 2.45) is 0 Å². The fourth-order valence-electron chi connectivity index (χ4n) is 1.37. The first kappa shape index (κ1) is 12.5. The Bertz CT molecular complexity index is 373. The zero-order valence-electron chi connectivity index (χ0n) is 9.53. The van der Waals surface area contributed by atoms with Gasteiger partial charge in [-0.3, -0.25) is 4.79 Å². The first-order chi connectivity index (χ1) is 7.58. The molecule has 0 saturated heterocycles. The minimum Gasteiger partial charge on any atom is -0.507 e. The number of amides is 1. The highest BCUT2D eigenvalue weighted by atomic mass is 16.3. The summed E-state index contributed by atoms with van der Waals surface area (Å²) in [6.45, 7) is 3.62. The van der Waals surface area contributed by atoms with E-state index in [4.69, 9.17) is 5.11 Å². The maximum Gasteiger partial charge on any atom is 0.255 e. The Morgan fingerprint density at radius 3 is 2.75 bits per heavy atom. The predicted octanol–water partition coefficient (Wildman–Crippen LogP) is 1.20. The van der Waals surface area contributed by atoms with Gasteiger partial charge in [0, 0.05) is 0 Å². The van der Waals surface area contributed by atoms with E-state index in [-0.39, 0.29) is 29.9 Å². The second-order valence-corrected chi connectivity index (χ2v) is 3.78. The summed E-state index contributed by atoms with van der Waals surface area (Å²) in [5.74, 6) is -0.405. The van der Waals surface area contributed by atoms with Gasteiger partial charge in [-0.2, -0.15) is 0 Å². The normalized spacial score (nSPS) is 12.2. The fraction of sp³-hybridized carbons (Fsp3) is 0.417. The Morgan fingerprint density at radius 1 is 1.50 bits per heavy atom. The number of carbonyl (C=O) groups is 1. The number of aliphatic hydroxyl groups is 1. The summed E-state index contributed by atoms with van der Waals surface area (Å²) in [6.07, 6.45) is 0.648. The maximum atomic E-state index is 11.8. The summed E-state index contributed by atoms with van der Waals surface area (Å²) >= 11 is 0. The van der Waals surface area contributed by atoms with Crippen molar-refractivity contribution >= 4 is 5.91 Å². The number of rotatable bonds is 4. The van der Waals surface area contributed by atoms with Crippen LogP contribution in [0.5, 0.6) is 5.75 Å². The number of aliphatic hydroxyl groups excluding tert-OH is 1. The van der Waals surface area contributed by atoms with E-state index in [0.29, 0.717) is 6.42 Å². The number of phenolic OH excluding ortho intramolecular Hbond substituents is 1. The molecular weight excluding hydrogens is 206 g/mol. The molecule has 3 N–H and O–H groups in total. The molecule has 0 radical (unpaired) electrons. The summed E-state index contributed by atoms with van der Waals surface area (Å²) in [5, 5.41) is 21.2. The molecule has 0 aliphatic heterocycles. The first-order valence-corrected chi connectivity index (χ1v) is 5.29. The Morgan fingerprint density at radius 2 is 2.19 bits per heavy atom. The Kier molecular flexibility index (Phi) is 4.31. The van der Waals surface area contributed by atoms with Crippen molar-refractivity contribution in [3.8, 4) is 5.75 Å². The predicted molar refractivity (Wildman–Crippen MR) is 61.5 cm³/mol. The molecule has 0 unspecified atom stereocenters. The third-order valence-electron chi connectivity index (χ3n) is 2.45. The van der Waals surface area contributed by atoms with Gasteiger partial charge in [0.05, 0.1) is 18.2 Å². The van der Waals surface area contributed by atoms with Gasteiger partial charge >= 0.3 is 0 Å². The highest BCUT2D eigenvalue weighted by molar-refractivity contribution is 5.97. The van der Waals surface area contributed by atoms with E-state index in [9.17, 15) is 9.90 Å². The summed E-state index contributed by atoms with van der Waals surface area (Å²) in [5.41, 5.74) is 1.15. The molecule has 0 saturated carbocycles. The monoisotopic (exact) mass is 223 g/mol. The number of carbonyl (C=O) groups excluding carboxylic acids is 1. The van der Waals surface area contributed by atoms with Gasteiger partial charge in [0.25, 0.3) is 5.91 Å². The van der Waals surface area contributed by atoms with Crippen LogP contribution < -0.4 is 5.32 Å². The molecule has 0 fully saturated rings. The van der Waals surface area contributed by atoms with Crippen LogP contribution in [-0.2, 0) is 0 Å². The summed E-state index contributed by atoms with van der Waals surface area (Å²) < 4.78 is 0. The van der Waals surface area contributed by atoms with Gasteiger partial charge in [-0.15, -0.1) is 0 Å². The maximum absolute atomic E-state index is 11.8. The Hall–Kier alpha value is -1.55. The van der Waals surface area contributed by atoms with Crippen LogP contribution in [0.1, 0.15) is 29.3 Å². The fourth-order valence-corrected chi connectivity index (χ4v) is 1.37. The molecule has 1 rings (SSSR count). The van der Waals surface area contributed by atoms with Gasteiger partial charge in [-0.1, -0.05) is 18.6 Å². The van der Waals surface area contributed by atoms with E-state index < -0.39 is 0 Å². The van der Waals surface area contributed by atoms with Crippen LogP contribution in [0.25, 0.3) is 0 Å². The Labute approximate surface area is 94.9 Å². The van der Waals surface area contributed by atoms with Gasteiger partial charge in [-0.25, -0.2) is 0 Å². The molecular formula is C12H17NO3. The zero-order valence-corrected chi connectivity index (χ0v) is 9.53. The lowest BCUT2D eigenvalue weighted by Crippen LogP contribution is -2.36. The molecule has 4 heteroatoms. The van der Waals surface area contributed by atoms with Gasteiger partial charge in [0.1, 0.15) is 5.75 Å². The first-order valence-electron chi connectivity index (χ1n) is 5.29. The molecule has 0 heterocycles. The third kappa shape index (κ3) is 2.97. The highest BCUT2D eigenvalue weighted by Gasteiger charge is 2.14. The number of aryl methyl sites for hydroxylation is 1. The SMILES string of the molecule is CC[C@H](CO)NC(=O)c1cc(C)ccc1O. The molecule has 4 nitrogen and oxygen atoms in total. The molecule has 0 bridgehead atoms. The van der Waals surface area contributed by atoms with Crippen molar-refractivity contribution in [1.29, 1.82) is 0 Å². The quantitative estimate of drug-likeness (QED) is 0.718. The van der Waals surface area contributed by atoms with Crippen molar-refractivity contribution in [2.45, 2.75) is 26.3 Å². The van der Waals surface area contributed by atoms with Crippen LogP contribution in [-0.4, -0.2) is 28.8 Å². The van der Waals surface area contributed by atoms with E-state index in [1.54, 1.807) is 12.1 Å². The lowest BCUT2D eigenvalue weighted by atomic mass is 10.1. The minimum atomic E-state index is -0.359. The second kappa shape index (κ2) is 5.51. The molecule has 1 aromatic carbocycles. The lowest BCUT2D eigenvalue weighted by Gasteiger charge is -2.14. The number of phenols is 1. The molecule has 1 aromatic rings. The van der Waals surface area contributed by atoms with Crippen LogP contribution in [0.15, 0.2) is 18.2 Å². The van der Waals surface area contributed by atoms with E-state index in [0.717, 1.165) is 5.56 Å². The number of aromatic hydroxyl groups is 1. The number of benzene rings is 1. The molecule has 88 valence electrons. The molecule has 0 aliphatic carbocycles. The van der Waals surface area contributed by atoms with E-state index in [1.165, 1.54) is 6.07 Å². The van der Waals surface area contributed by atoms with Crippen molar-refractivity contribution in [2.75, 3.05) is 6.61 Å². The van der Waals surface area contributed by atoms with Crippen molar-refractivity contribution in [3.63, 3.8) is 0 Å². The van der Waals surface area contributed by atoms with Gasteiger partial charge in [0.2, 0.25) is 0 Å². The van der Waals surface area contributed by atoms with Gasteiger partial charge in [-0.05, 0) is 25.5 Å². The van der Waals surface area contributed by atoms with E-state index in [2.05, 4.69) is 5.32 Å². The summed E-state index contributed by atoms with van der Waals surface area (Å²) in [6, 6.07) is 4.57. The molecule has 1 atom stereocenters. The van der Waals surface area contributed by atoms with Crippen molar-refractivity contribution < 1.29 is 15.0 Å². The smallest absolute Gasteiger partial charge is 0.255 e. The zero-order chi connectivity index (χ0) is 12.1. The van der Waals surface area contributed by atoms with Crippen LogP contribution in [0.4, 0.5) is 0 Å². The van der Waals surface area contributed by atoms with Crippen LogP contribution >= 0.6 is 0 Å². The van der Waals surface area contributed by atoms with E-state index in [1.807, 2.05) is 13.8 Å². The van der Waals surface area contributed by atoms with Gasteiger partial charge < -0.3 is 15.5 Å². The minimum absolute atomic E-state index is 0.0455. The standard InChI is InChI=1S/C12H17NO3/c1-3-9(7-14)13-12(16)10-6-8(2)4-5-11(10)15/h4-6,9,14-15H,3,7H2,1-2H3,(H,13,16)/t9-/m1/s1. The summed E-state index contributed by atoms with van der Waals surface area (Å²) in [4.78, 5) is 11.8. The van der Waals surface area contributed by atoms with E-state index >= 15 is 0 Å². The molecule has 0 aromatic heterocycles. The summed E-state index contributed by atoms with van der Waals surface area (Å²) in [7, 11) is 0. The van der Waals surface area contributed by atoms with Crippen molar-refractivity contribution in [3.05, 3.63) is 29.3 Å². The van der Waals surface area contributed by atoms with Crippen molar-refractivity contribution in [1.82, 2.24) is 5.32 Å². The average Bonchev–Trinajstić information content (AvgIpc) is 2.28. The van der Waals surface area contributed by atoms with Crippen LogP contribution in [0.2, 0.25) is 0 Å². The third-order valence-corrected chi connectivity index (χ3v) is 2.45. The largest absolute Gasteiger partial charge is 0.507 e. The molecule has 0 aliphatic rings. The highest BCUT2D eigenvalue weighted by Crippen LogP contribution is 2.18. The average molecular weight is 223 g/mol. The second-order valence-electron chi connectivity index (χ2n) is 3.78. The molecule has 16 heavy (non-hydrogen) atoms. The van der Waals surface area contributed by atoms with Crippen LogP contribution in [0, 0.1) is 6.92 Å². The number of hydrogen-bond donors (Lipinski definition) is 3. The lowest BCUT2D eigenvalue weighted by molar-refractivity contribution is 0.0912. The number of nitrogens with one attached hydrogen (secondary N) is 1.